The van der Waals surface area contributed by atoms with Crippen LogP contribution in [0.25, 0.3) is 0 Å². The lowest BCUT2D eigenvalue weighted by molar-refractivity contribution is 0.0601. The maximum absolute atomic E-state index is 12.9. The second kappa shape index (κ2) is 11.4. The fraction of sp³-hybridized carbons (Fsp3) is 0.125. The van der Waals surface area contributed by atoms with Gasteiger partial charge >= 0.3 is 5.97 Å². The van der Waals surface area contributed by atoms with E-state index in [4.69, 9.17) is 21.7 Å². The minimum Gasteiger partial charge on any atom is -0.492 e. The number of thiocarbonyl (C=S) groups is 1. The van der Waals surface area contributed by atoms with Gasteiger partial charge in [-0.15, -0.1) is 0 Å². The molecule has 0 heterocycles. The Kier molecular flexibility index (Phi) is 8.35. The number of esters is 1. The smallest absolute Gasteiger partial charge is 0.339 e. The molecule has 0 unspecified atom stereocenters. The van der Waals surface area contributed by atoms with Crippen molar-refractivity contribution in [3.8, 4) is 5.75 Å². The number of para-hydroxylation sites is 1. The Hall–Kier alpha value is -3.23. The highest BCUT2D eigenvalue weighted by Crippen LogP contribution is 2.24. The standard InChI is InChI=1S/C24H21BrN2O4S/c1-30-23(29)18-9-5-6-10-20(18)26-24(32)27-22(28)19-15-17(25)11-12-21(19)31-14-13-16-7-3-2-4-8-16/h2-12,15H,13-14H2,1H3,(H2,26,27,28,32). The summed E-state index contributed by atoms with van der Waals surface area (Å²) in [6, 6.07) is 21.9. The van der Waals surface area contributed by atoms with Crippen molar-refractivity contribution < 1.29 is 19.1 Å². The highest BCUT2D eigenvalue weighted by atomic mass is 79.9. The third kappa shape index (κ3) is 6.38. The van der Waals surface area contributed by atoms with Gasteiger partial charge < -0.3 is 14.8 Å². The number of anilines is 1. The molecule has 0 fully saturated rings. The molecule has 8 heteroatoms. The molecule has 3 aromatic rings. The highest BCUT2D eigenvalue weighted by molar-refractivity contribution is 9.10. The van der Waals surface area contributed by atoms with Crippen LogP contribution in [0.1, 0.15) is 26.3 Å². The van der Waals surface area contributed by atoms with Crippen LogP contribution in [0.5, 0.6) is 5.75 Å². The van der Waals surface area contributed by atoms with E-state index in [0.717, 1.165) is 10.0 Å². The largest absolute Gasteiger partial charge is 0.492 e. The van der Waals surface area contributed by atoms with Crippen LogP contribution in [0.2, 0.25) is 0 Å². The van der Waals surface area contributed by atoms with E-state index in [2.05, 4.69) is 26.6 Å². The average molecular weight is 513 g/mol. The van der Waals surface area contributed by atoms with E-state index in [-0.39, 0.29) is 5.11 Å². The number of carbonyl (C=O) groups is 2. The minimum absolute atomic E-state index is 0.0431. The molecule has 0 radical (unpaired) electrons. The van der Waals surface area contributed by atoms with Gasteiger partial charge in [-0.3, -0.25) is 10.1 Å². The molecule has 0 aliphatic carbocycles. The van der Waals surface area contributed by atoms with Gasteiger partial charge in [-0.2, -0.15) is 0 Å². The number of hydrogen-bond acceptors (Lipinski definition) is 5. The van der Waals surface area contributed by atoms with Crippen molar-refractivity contribution in [3.05, 3.63) is 94.0 Å². The zero-order valence-electron chi connectivity index (χ0n) is 17.3. The Bertz CT molecular complexity index is 1120. The van der Waals surface area contributed by atoms with Gasteiger partial charge in [0.15, 0.2) is 5.11 Å². The minimum atomic E-state index is -0.511. The van der Waals surface area contributed by atoms with Crippen LogP contribution in [-0.4, -0.2) is 30.7 Å². The van der Waals surface area contributed by atoms with Crippen LogP contribution in [0.4, 0.5) is 5.69 Å². The predicted octanol–water partition coefficient (Wildman–Crippen LogP) is 4.98. The lowest BCUT2D eigenvalue weighted by Gasteiger charge is -2.15. The highest BCUT2D eigenvalue weighted by Gasteiger charge is 2.17. The fourth-order valence-electron chi connectivity index (χ4n) is 2.93. The Labute approximate surface area is 200 Å². The van der Waals surface area contributed by atoms with Crippen molar-refractivity contribution in [3.63, 3.8) is 0 Å². The zero-order chi connectivity index (χ0) is 22.9. The Morgan fingerprint density at radius 2 is 1.69 bits per heavy atom. The summed E-state index contributed by atoms with van der Waals surface area (Å²) in [5.41, 5.74) is 2.21. The molecular weight excluding hydrogens is 492 g/mol. The van der Waals surface area contributed by atoms with Crippen molar-refractivity contribution in [2.45, 2.75) is 6.42 Å². The summed E-state index contributed by atoms with van der Waals surface area (Å²) in [5, 5.41) is 5.55. The summed E-state index contributed by atoms with van der Waals surface area (Å²) in [6.45, 7) is 0.418. The summed E-state index contributed by atoms with van der Waals surface area (Å²) in [6.07, 6.45) is 0.711. The molecule has 164 valence electrons. The van der Waals surface area contributed by atoms with Crippen molar-refractivity contribution in [1.29, 1.82) is 0 Å². The molecule has 2 N–H and O–H groups in total. The lowest BCUT2D eigenvalue weighted by atomic mass is 10.1. The van der Waals surface area contributed by atoms with Crippen LogP contribution >= 0.6 is 28.1 Å². The summed E-state index contributed by atoms with van der Waals surface area (Å²) in [7, 11) is 1.30. The van der Waals surface area contributed by atoms with Crippen molar-refractivity contribution in [1.82, 2.24) is 5.32 Å². The predicted molar refractivity (Wildman–Crippen MR) is 131 cm³/mol. The van der Waals surface area contributed by atoms with Crippen molar-refractivity contribution >= 4 is 50.8 Å². The summed E-state index contributed by atoms with van der Waals surface area (Å²) in [5.74, 6) is -0.503. The van der Waals surface area contributed by atoms with Crippen LogP contribution < -0.4 is 15.4 Å². The number of ether oxygens (including phenoxy) is 2. The first-order chi connectivity index (χ1) is 15.5. The van der Waals surface area contributed by atoms with Crippen LogP contribution in [-0.2, 0) is 11.2 Å². The van der Waals surface area contributed by atoms with Gasteiger partial charge in [0.05, 0.1) is 30.5 Å². The molecule has 3 rings (SSSR count). The summed E-state index contributed by atoms with van der Waals surface area (Å²) in [4.78, 5) is 24.8. The molecule has 0 aliphatic rings. The van der Waals surface area contributed by atoms with Crippen molar-refractivity contribution in [2.75, 3.05) is 19.0 Å². The molecule has 0 spiro atoms. The number of amides is 1. The number of nitrogens with one attached hydrogen (secondary N) is 2. The third-order valence-corrected chi connectivity index (χ3v) is 5.18. The lowest BCUT2D eigenvalue weighted by Crippen LogP contribution is -2.34. The van der Waals surface area contributed by atoms with E-state index in [0.29, 0.717) is 35.6 Å². The molecule has 3 aromatic carbocycles. The topological polar surface area (TPSA) is 76.7 Å². The first kappa shape index (κ1) is 23.4. The molecule has 1 amide bonds. The summed E-state index contributed by atoms with van der Waals surface area (Å²) < 4.78 is 11.4. The number of methoxy groups -OCH3 is 1. The average Bonchev–Trinajstić information content (AvgIpc) is 2.80. The molecule has 6 nitrogen and oxygen atoms in total. The molecule has 0 atom stereocenters. The molecule has 0 saturated heterocycles. The van der Waals surface area contributed by atoms with E-state index in [1.165, 1.54) is 7.11 Å². The number of benzene rings is 3. The molecule has 0 aromatic heterocycles. The molecular formula is C24H21BrN2O4S. The van der Waals surface area contributed by atoms with Crippen LogP contribution in [0.15, 0.2) is 77.3 Å². The quantitative estimate of drug-likeness (QED) is 0.343. The van der Waals surface area contributed by atoms with Crippen LogP contribution in [0.3, 0.4) is 0 Å². The first-order valence-electron chi connectivity index (χ1n) is 9.74. The second-order valence-corrected chi connectivity index (χ2v) is 7.99. The van der Waals surface area contributed by atoms with Gasteiger partial charge in [-0.05, 0) is 48.1 Å². The SMILES string of the molecule is COC(=O)c1ccccc1NC(=S)NC(=O)c1cc(Br)ccc1OCCc1ccccc1. The Morgan fingerprint density at radius 1 is 0.969 bits per heavy atom. The van der Waals surface area contributed by atoms with E-state index in [1.54, 1.807) is 42.5 Å². The van der Waals surface area contributed by atoms with E-state index < -0.39 is 11.9 Å². The molecule has 32 heavy (non-hydrogen) atoms. The van der Waals surface area contributed by atoms with Gasteiger partial charge in [-0.1, -0.05) is 58.4 Å². The van der Waals surface area contributed by atoms with Gasteiger partial charge in [0, 0.05) is 10.9 Å². The first-order valence-corrected chi connectivity index (χ1v) is 10.9. The number of halogens is 1. The third-order valence-electron chi connectivity index (χ3n) is 4.48. The molecule has 0 saturated carbocycles. The van der Waals surface area contributed by atoms with E-state index in [1.807, 2.05) is 30.3 Å². The monoisotopic (exact) mass is 512 g/mol. The van der Waals surface area contributed by atoms with Gasteiger partial charge in [0.1, 0.15) is 5.75 Å². The number of carbonyl (C=O) groups excluding carboxylic acids is 2. The van der Waals surface area contributed by atoms with Gasteiger partial charge in [-0.25, -0.2) is 4.79 Å². The van der Waals surface area contributed by atoms with Gasteiger partial charge in [0.25, 0.3) is 5.91 Å². The van der Waals surface area contributed by atoms with Crippen molar-refractivity contribution in [2.24, 2.45) is 0 Å². The Balaban J connectivity index is 1.67. The maximum atomic E-state index is 12.9. The van der Waals surface area contributed by atoms with E-state index in [9.17, 15) is 9.59 Å². The number of rotatable bonds is 7. The maximum Gasteiger partial charge on any atom is 0.339 e. The Morgan fingerprint density at radius 3 is 2.44 bits per heavy atom. The molecule has 0 bridgehead atoms. The van der Waals surface area contributed by atoms with E-state index >= 15 is 0 Å². The number of hydrogen-bond donors (Lipinski definition) is 2. The normalized spacial score (nSPS) is 10.2. The molecule has 0 aliphatic heterocycles. The second-order valence-electron chi connectivity index (χ2n) is 6.67. The van der Waals surface area contributed by atoms with Crippen LogP contribution in [0, 0.1) is 0 Å². The van der Waals surface area contributed by atoms with Gasteiger partial charge in [0.2, 0.25) is 0 Å². The fourth-order valence-corrected chi connectivity index (χ4v) is 3.50. The summed E-state index contributed by atoms with van der Waals surface area (Å²) >= 11 is 8.66. The zero-order valence-corrected chi connectivity index (χ0v) is 19.7.